The van der Waals surface area contributed by atoms with Crippen LogP contribution in [0.3, 0.4) is 0 Å². The van der Waals surface area contributed by atoms with Gasteiger partial charge in [-0.3, -0.25) is 4.68 Å². The Morgan fingerprint density at radius 2 is 2.12 bits per heavy atom. The van der Waals surface area contributed by atoms with Gasteiger partial charge in [0.1, 0.15) is 5.69 Å². The van der Waals surface area contributed by atoms with Gasteiger partial charge in [0.25, 0.3) is 0 Å². The predicted octanol–water partition coefficient (Wildman–Crippen LogP) is 3.60. The van der Waals surface area contributed by atoms with Crippen LogP contribution in [0.25, 0.3) is 11.3 Å². The van der Waals surface area contributed by atoms with Crippen molar-refractivity contribution in [1.29, 1.82) is 0 Å². The number of halogens is 1. The van der Waals surface area contributed by atoms with Crippen molar-refractivity contribution >= 4 is 28.6 Å². The van der Waals surface area contributed by atoms with Crippen LogP contribution in [0.4, 0.5) is 5.69 Å². The Morgan fingerprint density at radius 3 is 2.56 bits per heavy atom. The highest BCUT2D eigenvalue weighted by atomic mass is 35.5. The van der Waals surface area contributed by atoms with Crippen LogP contribution in [0.2, 0.25) is 4.34 Å². The summed E-state index contributed by atoms with van der Waals surface area (Å²) in [6, 6.07) is 1.89. The largest absolute Gasteiger partial charge is 0.396 e. The van der Waals surface area contributed by atoms with E-state index in [0.29, 0.717) is 5.69 Å². The molecule has 86 valence electrons. The van der Waals surface area contributed by atoms with Gasteiger partial charge in [-0.1, -0.05) is 11.6 Å². The summed E-state index contributed by atoms with van der Waals surface area (Å²) in [5.41, 5.74) is 8.36. The standard InChI is InChI=1S/C11H14ClN3S/c1-11(2,3)15-5-8(13)10(14-15)7-4-9(12)16-6-7/h4-6H,13H2,1-3H3. The average molecular weight is 256 g/mol. The van der Waals surface area contributed by atoms with E-state index in [0.717, 1.165) is 15.6 Å². The fourth-order valence-corrected chi connectivity index (χ4v) is 2.25. The first kappa shape index (κ1) is 11.5. The SMILES string of the molecule is CC(C)(C)n1cc(N)c(-c2csc(Cl)c2)n1. The highest BCUT2D eigenvalue weighted by Crippen LogP contribution is 2.32. The van der Waals surface area contributed by atoms with Crippen LogP contribution >= 0.6 is 22.9 Å². The summed E-state index contributed by atoms with van der Waals surface area (Å²) in [6.45, 7) is 6.26. The van der Waals surface area contributed by atoms with Gasteiger partial charge < -0.3 is 5.73 Å². The zero-order valence-corrected chi connectivity index (χ0v) is 11.1. The smallest absolute Gasteiger partial charge is 0.116 e. The Labute approximate surface area is 104 Å². The van der Waals surface area contributed by atoms with E-state index in [4.69, 9.17) is 17.3 Å². The minimum atomic E-state index is -0.0633. The lowest BCUT2D eigenvalue weighted by Gasteiger charge is -2.18. The second-order valence-corrected chi connectivity index (χ2v) is 6.23. The monoisotopic (exact) mass is 255 g/mol. The number of thiophene rings is 1. The van der Waals surface area contributed by atoms with Crippen molar-refractivity contribution in [3.63, 3.8) is 0 Å². The maximum Gasteiger partial charge on any atom is 0.116 e. The highest BCUT2D eigenvalue weighted by molar-refractivity contribution is 7.14. The van der Waals surface area contributed by atoms with E-state index in [1.807, 2.05) is 22.3 Å². The number of anilines is 1. The van der Waals surface area contributed by atoms with Crippen LogP contribution in [0.1, 0.15) is 20.8 Å². The molecule has 0 aliphatic rings. The van der Waals surface area contributed by atoms with Crippen molar-refractivity contribution in [2.45, 2.75) is 26.3 Å². The van der Waals surface area contributed by atoms with Gasteiger partial charge in [-0.15, -0.1) is 11.3 Å². The fraction of sp³-hybridized carbons (Fsp3) is 0.364. The first-order valence-electron chi connectivity index (χ1n) is 4.98. The molecule has 5 heteroatoms. The molecule has 2 aromatic heterocycles. The van der Waals surface area contributed by atoms with Gasteiger partial charge in [0.2, 0.25) is 0 Å². The molecular weight excluding hydrogens is 242 g/mol. The number of hydrogen-bond acceptors (Lipinski definition) is 3. The number of nitrogens with two attached hydrogens (primary N) is 1. The van der Waals surface area contributed by atoms with Crippen LogP contribution in [0.15, 0.2) is 17.6 Å². The molecule has 0 aromatic carbocycles. The Bertz CT molecular complexity index is 508. The van der Waals surface area contributed by atoms with E-state index >= 15 is 0 Å². The molecule has 2 aromatic rings. The van der Waals surface area contributed by atoms with E-state index in [-0.39, 0.29) is 5.54 Å². The summed E-state index contributed by atoms with van der Waals surface area (Å²) in [5.74, 6) is 0. The molecule has 16 heavy (non-hydrogen) atoms. The molecule has 0 fully saturated rings. The molecular formula is C11H14ClN3S. The van der Waals surface area contributed by atoms with E-state index in [1.165, 1.54) is 11.3 Å². The Kier molecular flexibility index (Phi) is 2.72. The molecule has 0 spiro atoms. The van der Waals surface area contributed by atoms with E-state index in [1.54, 1.807) is 0 Å². The molecule has 0 bridgehead atoms. The number of nitrogens with zero attached hydrogens (tertiary/aromatic N) is 2. The van der Waals surface area contributed by atoms with Gasteiger partial charge in [-0.2, -0.15) is 5.10 Å². The quantitative estimate of drug-likeness (QED) is 0.846. The summed E-state index contributed by atoms with van der Waals surface area (Å²) in [4.78, 5) is 0. The zero-order chi connectivity index (χ0) is 11.9. The molecule has 2 N–H and O–H groups in total. The van der Waals surface area contributed by atoms with Crippen molar-refractivity contribution in [3.05, 3.63) is 22.0 Å². The number of aromatic nitrogens is 2. The van der Waals surface area contributed by atoms with E-state index in [2.05, 4.69) is 25.9 Å². The molecule has 0 radical (unpaired) electrons. The van der Waals surface area contributed by atoms with Gasteiger partial charge in [0.05, 0.1) is 15.6 Å². The van der Waals surface area contributed by atoms with E-state index in [9.17, 15) is 0 Å². The summed E-state index contributed by atoms with van der Waals surface area (Å²) in [7, 11) is 0. The molecule has 0 aliphatic heterocycles. The number of rotatable bonds is 1. The predicted molar refractivity (Wildman–Crippen MR) is 70.0 cm³/mol. The molecule has 3 nitrogen and oxygen atoms in total. The van der Waals surface area contributed by atoms with Gasteiger partial charge >= 0.3 is 0 Å². The molecule has 0 atom stereocenters. The second kappa shape index (κ2) is 3.79. The van der Waals surface area contributed by atoms with Crippen molar-refractivity contribution in [1.82, 2.24) is 9.78 Å². The lowest BCUT2D eigenvalue weighted by Crippen LogP contribution is -2.22. The Morgan fingerprint density at radius 1 is 1.44 bits per heavy atom. The fourth-order valence-electron chi connectivity index (χ4n) is 1.39. The van der Waals surface area contributed by atoms with Crippen molar-refractivity contribution in [2.75, 3.05) is 5.73 Å². The van der Waals surface area contributed by atoms with Gasteiger partial charge in [-0.25, -0.2) is 0 Å². The maximum absolute atomic E-state index is 5.96. The zero-order valence-electron chi connectivity index (χ0n) is 9.49. The Balaban J connectivity index is 2.47. The third kappa shape index (κ3) is 2.08. The van der Waals surface area contributed by atoms with Gasteiger partial charge in [-0.05, 0) is 26.8 Å². The van der Waals surface area contributed by atoms with Crippen LogP contribution in [0, 0.1) is 0 Å². The first-order chi connectivity index (χ1) is 7.38. The van der Waals surface area contributed by atoms with Crippen molar-refractivity contribution < 1.29 is 0 Å². The lowest BCUT2D eigenvalue weighted by atomic mass is 10.1. The van der Waals surface area contributed by atoms with Crippen LogP contribution in [-0.2, 0) is 5.54 Å². The molecule has 2 heterocycles. The summed E-state index contributed by atoms with van der Waals surface area (Å²) >= 11 is 7.39. The van der Waals surface area contributed by atoms with Crippen LogP contribution in [0.5, 0.6) is 0 Å². The molecule has 0 saturated heterocycles. The third-order valence-electron chi connectivity index (χ3n) is 2.27. The molecule has 0 saturated carbocycles. The van der Waals surface area contributed by atoms with Gasteiger partial charge in [0.15, 0.2) is 0 Å². The number of hydrogen-bond donors (Lipinski definition) is 1. The highest BCUT2D eigenvalue weighted by Gasteiger charge is 2.18. The summed E-state index contributed by atoms with van der Waals surface area (Å²) in [5, 5.41) is 6.47. The third-order valence-corrected chi connectivity index (χ3v) is 3.36. The van der Waals surface area contributed by atoms with Crippen LogP contribution in [-0.4, -0.2) is 9.78 Å². The molecule has 0 amide bonds. The minimum Gasteiger partial charge on any atom is -0.396 e. The normalized spacial score (nSPS) is 12.0. The first-order valence-corrected chi connectivity index (χ1v) is 6.24. The minimum absolute atomic E-state index is 0.0633. The molecule has 0 aliphatic carbocycles. The van der Waals surface area contributed by atoms with Gasteiger partial charge in [0, 0.05) is 17.1 Å². The van der Waals surface area contributed by atoms with Crippen molar-refractivity contribution in [2.24, 2.45) is 0 Å². The van der Waals surface area contributed by atoms with Crippen LogP contribution < -0.4 is 5.73 Å². The summed E-state index contributed by atoms with van der Waals surface area (Å²) < 4.78 is 2.63. The lowest BCUT2D eigenvalue weighted by molar-refractivity contribution is 0.356. The second-order valence-electron chi connectivity index (χ2n) is 4.69. The summed E-state index contributed by atoms with van der Waals surface area (Å²) in [6.07, 6.45) is 1.86. The Hall–Kier alpha value is -1.00. The topological polar surface area (TPSA) is 43.8 Å². The molecule has 2 rings (SSSR count). The van der Waals surface area contributed by atoms with Crippen molar-refractivity contribution in [3.8, 4) is 11.3 Å². The number of nitrogen functional groups attached to an aromatic ring is 1. The maximum atomic E-state index is 5.96. The molecule has 0 unspecified atom stereocenters. The average Bonchev–Trinajstić information content (AvgIpc) is 2.70. The van der Waals surface area contributed by atoms with E-state index < -0.39 is 0 Å².